The minimum atomic E-state index is -0.211. The van der Waals surface area contributed by atoms with Gasteiger partial charge in [-0.3, -0.25) is 0 Å². The summed E-state index contributed by atoms with van der Waals surface area (Å²) in [4.78, 5) is 0. The van der Waals surface area contributed by atoms with Crippen LogP contribution in [-0.2, 0) is 5.75 Å². The Labute approximate surface area is 133 Å². The van der Waals surface area contributed by atoms with Crippen molar-refractivity contribution in [2.75, 3.05) is 12.4 Å². The number of thioether (sulfide) groups is 1. The van der Waals surface area contributed by atoms with Crippen LogP contribution in [0.3, 0.4) is 0 Å². The highest BCUT2D eigenvalue weighted by atomic mass is 32.2. The summed E-state index contributed by atoms with van der Waals surface area (Å²) >= 11 is 6.83. The molecule has 5 heteroatoms. The van der Waals surface area contributed by atoms with E-state index < -0.39 is 0 Å². The zero-order chi connectivity index (χ0) is 15.2. The maximum Gasteiger partial charge on any atom is 0.138 e. The molecular formula is C16H16FNOS2. The second kappa shape index (κ2) is 7.43. The predicted molar refractivity (Wildman–Crippen MR) is 91.6 cm³/mol. The van der Waals surface area contributed by atoms with E-state index in [-0.39, 0.29) is 5.82 Å². The SMILES string of the molecule is COc1ccc(CSC(=S)Nc2ccc(F)c(C)c2)cc1. The maximum atomic E-state index is 13.2. The largest absolute Gasteiger partial charge is 0.497 e. The summed E-state index contributed by atoms with van der Waals surface area (Å²) in [6.07, 6.45) is 0. The number of halogens is 1. The van der Waals surface area contributed by atoms with E-state index in [1.165, 1.54) is 23.4 Å². The van der Waals surface area contributed by atoms with Gasteiger partial charge in [-0.05, 0) is 48.4 Å². The first-order valence-electron chi connectivity index (χ1n) is 6.41. The van der Waals surface area contributed by atoms with Crippen LogP contribution in [0.25, 0.3) is 0 Å². The van der Waals surface area contributed by atoms with Crippen LogP contribution in [0.4, 0.5) is 10.1 Å². The predicted octanol–water partition coefficient (Wildman–Crippen LogP) is 4.77. The number of benzene rings is 2. The second-order valence-corrected chi connectivity index (χ2v) is 6.17. The van der Waals surface area contributed by atoms with Crippen LogP contribution in [0, 0.1) is 12.7 Å². The van der Waals surface area contributed by atoms with E-state index in [2.05, 4.69) is 5.32 Å². The van der Waals surface area contributed by atoms with Gasteiger partial charge in [-0.25, -0.2) is 4.39 Å². The van der Waals surface area contributed by atoms with Gasteiger partial charge in [-0.2, -0.15) is 0 Å². The molecule has 0 radical (unpaired) electrons. The van der Waals surface area contributed by atoms with Gasteiger partial charge in [0.25, 0.3) is 0 Å². The summed E-state index contributed by atoms with van der Waals surface area (Å²) in [5.41, 5.74) is 2.57. The molecule has 0 saturated carbocycles. The third kappa shape index (κ3) is 4.72. The molecule has 0 bridgehead atoms. The van der Waals surface area contributed by atoms with Crippen molar-refractivity contribution in [3.8, 4) is 5.75 Å². The van der Waals surface area contributed by atoms with E-state index >= 15 is 0 Å². The fraction of sp³-hybridized carbons (Fsp3) is 0.188. The van der Waals surface area contributed by atoms with Gasteiger partial charge in [-0.1, -0.05) is 36.1 Å². The van der Waals surface area contributed by atoms with Crippen LogP contribution in [0.15, 0.2) is 42.5 Å². The number of rotatable bonds is 4. The first-order valence-corrected chi connectivity index (χ1v) is 7.81. The molecule has 0 atom stereocenters. The zero-order valence-corrected chi connectivity index (χ0v) is 13.5. The molecule has 2 aromatic carbocycles. The van der Waals surface area contributed by atoms with E-state index in [0.717, 1.165) is 17.2 Å². The quantitative estimate of drug-likeness (QED) is 0.818. The van der Waals surface area contributed by atoms with Gasteiger partial charge in [0.15, 0.2) is 0 Å². The van der Waals surface area contributed by atoms with Crippen LogP contribution in [-0.4, -0.2) is 11.4 Å². The molecule has 0 aliphatic rings. The summed E-state index contributed by atoms with van der Waals surface area (Å²) in [5.74, 6) is 1.40. The van der Waals surface area contributed by atoms with Gasteiger partial charge >= 0.3 is 0 Å². The lowest BCUT2D eigenvalue weighted by Gasteiger charge is -2.09. The molecule has 0 heterocycles. The molecule has 2 nitrogen and oxygen atoms in total. The number of hydrogen-bond acceptors (Lipinski definition) is 3. The first-order chi connectivity index (χ1) is 10.1. The van der Waals surface area contributed by atoms with Gasteiger partial charge in [0.1, 0.15) is 15.9 Å². The number of nitrogens with one attached hydrogen (secondary N) is 1. The molecule has 0 spiro atoms. The first kappa shape index (κ1) is 15.8. The third-order valence-corrected chi connectivity index (χ3v) is 4.23. The normalized spacial score (nSPS) is 10.2. The molecule has 0 unspecified atom stereocenters. The lowest BCUT2D eigenvalue weighted by Crippen LogP contribution is -2.05. The highest BCUT2D eigenvalue weighted by Gasteiger charge is 2.03. The van der Waals surface area contributed by atoms with Crippen molar-refractivity contribution in [3.63, 3.8) is 0 Å². The lowest BCUT2D eigenvalue weighted by atomic mass is 10.2. The van der Waals surface area contributed by atoms with Gasteiger partial charge in [-0.15, -0.1) is 0 Å². The number of anilines is 1. The molecule has 0 saturated heterocycles. The standard InChI is InChI=1S/C16H16FNOS2/c1-11-9-13(5-8-15(11)17)18-16(20)21-10-12-3-6-14(19-2)7-4-12/h3-9H,10H2,1-2H3,(H,18,20). The van der Waals surface area contributed by atoms with Gasteiger partial charge in [0, 0.05) is 11.4 Å². The fourth-order valence-electron chi connectivity index (χ4n) is 1.75. The lowest BCUT2D eigenvalue weighted by molar-refractivity contribution is 0.414. The summed E-state index contributed by atoms with van der Waals surface area (Å²) in [7, 11) is 1.65. The van der Waals surface area contributed by atoms with E-state index in [1.54, 1.807) is 26.2 Å². The monoisotopic (exact) mass is 321 g/mol. The van der Waals surface area contributed by atoms with Gasteiger partial charge < -0.3 is 10.1 Å². The van der Waals surface area contributed by atoms with E-state index in [4.69, 9.17) is 17.0 Å². The van der Waals surface area contributed by atoms with Crippen molar-refractivity contribution in [2.24, 2.45) is 0 Å². The number of methoxy groups -OCH3 is 1. The molecule has 0 amide bonds. The second-order valence-electron chi connectivity index (χ2n) is 4.51. The smallest absolute Gasteiger partial charge is 0.138 e. The van der Waals surface area contributed by atoms with Crippen molar-refractivity contribution in [3.05, 3.63) is 59.4 Å². The number of aryl methyl sites for hydroxylation is 1. The Morgan fingerprint density at radius 1 is 1.24 bits per heavy atom. The van der Waals surface area contributed by atoms with E-state index in [0.29, 0.717) is 9.88 Å². The summed E-state index contributed by atoms with van der Waals surface area (Å²) in [6, 6.07) is 12.7. The average molecular weight is 321 g/mol. The highest BCUT2D eigenvalue weighted by molar-refractivity contribution is 8.22. The third-order valence-electron chi connectivity index (χ3n) is 2.93. The topological polar surface area (TPSA) is 21.3 Å². The van der Waals surface area contributed by atoms with Crippen LogP contribution in [0.5, 0.6) is 5.75 Å². The van der Waals surface area contributed by atoms with Crippen molar-refractivity contribution < 1.29 is 9.13 Å². The average Bonchev–Trinajstić information content (AvgIpc) is 2.49. The van der Waals surface area contributed by atoms with Crippen molar-refractivity contribution >= 4 is 34.0 Å². The minimum Gasteiger partial charge on any atom is -0.497 e. The molecule has 0 fully saturated rings. The molecule has 1 N–H and O–H groups in total. The van der Waals surface area contributed by atoms with Crippen LogP contribution in [0.2, 0.25) is 0 Å². The van der Waals surface area contributed by atoms with Crippen LogP contribution in [0.1, 0.15) is 11.1 Å². The van der Waals surface area contributed by atoms with E-state index in [1.807, 2.05) is 24.3 Å². The molecule has 21 heavy (non-hydrogen) atoms. The Morgan fingerprint density at radius 2 is 1.95 bits per heavy atom. The summed E-state index contributed by atoms with van der Waals surface area (Å²) in [6.45, 7) is 1.73. The highest BCUT2D eigenvalue weighted by Crippen LogP contribution is 2.20. The Kier molecular flexibility index (Phi) is 5.59. The summed E-state index contributed by atoms with van der Waals surface area (Å²) in [5, 5.41) is 3.11. The van der Waals surface area contributed by atoms with Gasteiger partial charge in [0.05, 0.1) is 7.11 Å². The Hall–Kier alpha value is -1.59. The molecular weight excluding hydrogens is 305 g/mol. The maximum absolute atomic E-state index is 13.2. The molecule has 0 aliphatic carbocycles. The Balaban J connectivity index is 1.87. The zero-order valence-electron chi connectivity index (χ0n) is 11.9. The Morgan fingerprint density at radius 3 is 2.57 bits per heavy atom. The minimum absolute atomic E-state index is 0.211. The molecule has 2 aromatic rings. The van der Waals surface area contributed by atoms with E-state index in [9.17, 15) is 4.39 Å². The summed E-state index contributed by atoms with van der Waals surface area (Å²) < 4.78 is 19.0. The Bertz CT molecular complexity index is 629. The molecule has 2 rings (SSSR count). The van der Waals surface area contributed by atoms with Crippen molar-refractivity contribution in [2.45, 2.75) is 12.7 Å². The van der Waals surface area contributed by atoms with Crippen LogP contribution < -0.4 is 10.1 Å². The van der Waals surface area contributed by atoms with Crippen LogP contribution >= 0.6 is 24.0 Å². The van der Waals surface area contributed by atoms with Crippen molar-refractivity contribution in [1.29, 1.82) is 0 Å². The number of hydrogen-bond donors (Lipinski definition) is 1. The molecule has 0 aliphatic heterocycles. The number of ether oxygens (including phenoxy) is 1. The van der Waals surface area contributed by atoms with Crippen molar-refractivity contribution in [1.82, 2.24) is 0 Å². The van der Waals surface area contributed by atoms with Gasteiger partial charge in [0.2, 0.25) is 0 Å². The fourth-order valence-corrected chi connectivity index (χ4v) is 2.72. The molecule has 110 valence electrons. The number of thiocarbonyl (C=S) groups is 1. The molecule has 0 aromatic heterocycles.